The second-order valence-electron chi connectivity index (χ2n) is 2.82. The summed E-state index contributed by atoms with van der Waals surface area (Å²) in [6.45, 7) is -0.378. The molecule has 88 valence electrons. The molecule has 1 aromatic rings. The van der Waals surface area contributed by atoms with Crippen LogP contribution in [0.3, 0.4) is 0 Å². The number of alkyl halides is 3. The maximum Gasteiger partial charge on any atom is 0.573 e. The van der Waals surface area contributed by atoms with Crippen LogP contribution < -0.4 is 10.5 Å². The lowest BCUT2D eigenvalue weighted by atomic mass is 10.1. The average molecular weight is 237 g/mol. The number of rotatable bonds is 3. The molecule has 0 unspecified atom stereocenters. The minimum Gasteiger partial charge on any atom is -0.403 e. The van der Waals surface area contributed by atoms with Crippen molar-refractivity contribution in [2.45, 2.75) is 6.36 Å². The third-order valence-electron chi connectivity index (χ3n) is 1.66. The van der Waals surface area contributed by atoms with Gasteiger partial charge in [-0.2, -0.15) is 0 Å². The van der Waals surface area contributed by atoms with Crippen LogP contribution in [0.1, 0.15) is 10.4 Å². The van der Waals surface area contributed by atoms with E-state index in [4.69, 9.17) is 5.73 Å². The van der Waals surface area contributed by atoms with Gasteiger partial charge in [0.25, 0.3) is 0 Å². The highest BCUT2D eigenvalue weighted by atomic mass is 19.4. The summed E-state index contributed by atoms with van der Waals surface area (Å²) in [6.07, 6.45) is -5.01. The topological polar surface area (TPSA) is 52.3 Å². The third kappa shape index (κ3) is 3.20. The summed E-state index contributed by atoms with van der Waals surface area (Å²) < 4.78 is 51.8. The molecule has 7 heteroatoms. The summed E-state index contributed by atoms with van der Waals surface area (Å²) in [6, 6.07) is 2.41. The van der Waals surface area contributed by atoms with Crippen molar-refractivity contribution in [1.82, 2.24) is 0 Å². The Morgan fingerprint density at radius 2 is 2.00 bits per heavy atom. The monoisotopic (exact) mass is 237 g/mol. The normalized spacial score (nSPS) is 11.3. The minimum atomic E-state index is -5.01. The van der Waals surface area contributed by atoms with Gasteiger partial charge in [-0.15, -0.1) is 13.2 Å². The lowest BCUT2D eigenvalue weighted by Crippen LogP contribution is -2.19. The number of ketones is 1. The number of carbonyl (C=O) groups is 1. The number of benzene rings is 1. The Bertz CT molecular complexity index is 403. The molecule has 0 aliphatic rings. The van der Waals surface area contributed by atoms with E-state index >= 15 is 0 Å². The van der Waals surface area contributed by atoms with Crippen molar-refractivity contribution < 1.29 is 27.1 Å². The molecule has 1 aromatic carbocycles. The molecule has 0 atom stereocenters. The van der Waals surface area contributed by atoms with Gasteiger partial charge in [0.05, 0.1) is 6.54 Å². The number of halogens is 4. The molecule has 2 N–H and O–H groups in total. The van der Waals surface area contributed by atoms with Crippen LogP contribution in [-0.4, -0.2) is 18.7 Å². The van der Waals surface area contributed by atoms with Gasteiger partial charge in [0, 0.05) is 5.56 Å². The predicted octanol–water partition coefficient (Wildman–Crippen LogP) is 1.87. The van der Waals surface area contributed by atoms with Crippen LogP contribution in [0.4, 0.5) is 17.6 Å². The van der Waals surface area contributed by atoms with Crippen molar-refractivity contribution in [1.29, 1.82) is 0 Å². The van der Waals surface area contributed by atoms with Crippen molar-refractivity contribution in [2.24, 2.45) is 5.73 Å². The van der Waals surface area contributed by atoms with E-state index in [1.807, 2.05) is 0 Å². The Morgan fingerprint density at radius 1 is 1.38 bits per heavy atom. The lowest BCUT2D eigenvalue weighted by molar-refractivity contribution is -0.275. The Labute approximate surface area is 87.8 Å². The Balaban J connectivity index is 3.04. The quantitative estimate of drug-likeness (QED) is 0.644. The van der Waals surface area contributed by atoms with E-state index in [9.17, 15) is 22.4 Å². The molecular weight excluding hydrogens is 230 g/mol. The zero-order chi connectivity index (χ0) is 12.3. The predicted molar refractivity (Wildman–Crippen MR) is 46.5 cm³/mol. The van der Waals surface area contributed by atoms with Crippen LogP contribution in [-0.2, 0) is 0 Å². The molecule has 0 aromatic heterocycles. The maximum atomic E-state index is 12.9. The fraction of sp³-hybridized carbons (Fsp3) is 0.222. The molecule has 0 saturated heterocycles. The molecule has 0 fully saturated rings. The lowest BCUT2D eigenvalue weighted by Gasteiger charge is -2.10. The first-order valence-corrected chi connectivity index (χ1v) is 4.12. The summed E-state index contributed by atoms with van der Waals surface area (Å²) in [4.78, 5) is 11.1. The van der Waals surface area contributed by atoms with Gasteiger partial charge in [-0.25, -0.2) is 4.39 Å². The highest BCUT2D eigenvalue weighted by Gasteiger charge is 2.32. The smallest absolute Gasteiger partial charge is 0.403 e. The molecule has 3 nitrogen and oxygen atoms in total. The largest absolute Gasteiger partial charge is 0.573 e. The van der Waals surface area contributed by atoms with Crippen LogP contribution in [0.5, 0.6) is 5.75 Å². The summed E-state index contributed by atoms with van der Waals surface area (Å²) in [5.74, 6) is -2.86. The average Bonchev–Trinajstić information content (AvgIpc) is 2.18. The number of carbonyl (C=O) groups excluding carboxylic acids is 1. The van der Waals surface area contributed by atoms with Gasteiger partial charge >= 0.3 is 6.36 Å². The van der Waals surface area contributed by atoms with E-state index in [2.05, 4.69) is 4.74 Å². The van der Waals surface area contributed by atoms with Gasteiger partial charge in [0.15, 0.2) is 17.3 Å². The van der Waals surface area contributed by atoms with Crippen LogP contribution in [0.2, 0.25) is 0 Å². The second kappa shape index (κ2) is 4.48. The SMILES string of the molecule is NCC(=O)c1ccc(F)c(OC(F)(F)F)c1. The third-order valence-corrected chi connectivity index (χ3v) is 1.66. The number of hydrogen-bond donors (Lipinski definition) is 1. The van der Waals surface area contributed by atoms with Crippen LogP contribution >= 0.6 is 0 Å². The number of Topliss-reactive ketones (excluding diaryl/α,β-unsaturated/α-hetero) is 1. The molecule has 0 radical (unpaired) electrons. The highest BCUT2D eigenvalue weighted by Crippen LogP contribution is 2.26. The zero-order valence-electron chi connectivity index (χ0n) is 7.84. The molecule has 0 saturated carbocycles. The van der Waals surface area contributed by atoms with Crippen LogP contribution in [0.25, 0.3) is 0 Å². The van der Waals surface area contributed by atoms with E-state index in [1.165, 1.54) is 0 Å². The molecule has 0 heterocycles. The fourth-order valence-electron chi connectivity index (χ4n) is 0.998. The van der Waals surface area contributed by atoms with Gasteiger partial charge in [-0.3, -0.25) is 4.79 Å². The first-order chi connectivity index (χ1) is 7.33. The van der Waals surface area contributed by atoms with Crippen molar-refractivity contribution in [3.63, 3.8) is 0 Å². The first-order valence-electron chi connectivity index (χ1n) is 4.12. The van der Waals surface area contributed by atoms with Gasteiger partial charge < -0.3 is 10.5 Å². The minimum absolute atomic E-state index is 0.136. The fourth-order valence-corrected chi connectivity index (χ4v) is 0.998. The van der Waals surface area contributed by atoms with Gasteiger partial charge in [0.2, 0.25) is 0 Å². The molecule has 0 spiro atoms. The number of hydrogen-bond acceptors (Lipinski definition) is 3. The van der Waals surface area contributed by atoms with E-state index in [1.54, 1.807) is 0 Å². The summed E-state index contributed by atoms with van der Waals surface area (Å²) in [5.41, 5.74) is 4.88. The van der Waals surface area contributed by atoms with Crippen molar-refractivity contribution in [3.05, 3.63) is 29.6 Å². The molecular formula is C9H7F4NO2. The molecule has 0 bridgehead atoms. The summed E-state index contributed by atoms with van der Waals surface area (Å²) in [5, 5.41) is 0. The van der Waals surface area contributed by atoms with E-state index in [0.29, 0.717) is 12.1 Å². The molecule has 1 rings (SSSR count). The standard InChI is InChI=1S/C9H7F4NO2/c10-6-2-1-5(7(15)4-14)3-8(6)16-9(11,12)13/h1-3H,4,14H2. The first kappa shape index (κ1) is 12.4. The van der Waals surface area contributed by atoms with Crippen LogP contribution in [0, 0.1) is 5.82 Å². The Hall–Kier alpha value is -1.63. The number of ether oxygens (including phenoxy) is 1. The van der Waals surface area contributed by atoms with E-state index in [0.717, 1.165) is 6.07 Å². The second-order valence-corrected chi connectivity index (χ2v) is 2.82. The van der Waals surface area contributed by atoms with Crippen molar-refractivity contribution in [2.75, 3.05) is 6.54 Å². The van der Waals surface area contributed by atoms with Crippen molar-refractivity contribution in [3.8, 4) is 5.75 Å². The molecule has 16 heavy (non-hydrogen) atoms. The maximum absolute atomic E-state index is 12.9. The van der Waals surface area contributed by atoms with Crippen molar-refractivity contribution >= 4 is 5.78 Å². The zero-order valence-corrected chi connectivity index (χ0v) is 7.84. The Kier molecular flexibility index (Phi) is 3.48. The summed E-state index contributed by atoms with van der Waals surface area (Å²) >= 11 is 0. The summed E-state index contributed by atoms with van der Waals surface area (Å²) in [7, 11) is 0. The van der Waals surface area contributed by atoms with E-state index < -0.39 is 23.7 Å². The van der Waals surface area contributed by atoms with E-state index in [-0.39, 0.29) is 12.1 Å². The van der Waals surface area contributed by atoms with Gasteiger partial charge in [-0.1, -0.05) is 0 Å². The molecule has 0 aliphatic heterocycles. The number of nitrogens with two attached hydrogens (primary N) is 1. The van der Waals surface area contributed by atoms with Gasteiger partial charge in [0.1, 0.15) is 0 Å². The van der Waals surface area contributed by atoms with Gasteiger partial charge in [-0.05, 0) is 18.2 Å². The Morgan fingerprint density at radius 3 is 2.50 bits per heavy atom. The molecule has 0 amide bonds. The molecule has 0 aliphatic carbocycles. The highest BCUT2D eigenvalue weighted by molar-refractivity contribution is 5.97. The van der Waals surface area contributed by atoms with Crippen LogP contribution in [0.15, 0.2) is 18.2 Å².